The molecule has 0 bridgehead atoms. The van der Waals surface area contributed by atoms with Crippen LogP contribution in [0.25, 0.3) is 0 Å². The molecule has 13 heavy (non-hydrogen) atoms. The van der Waals surface area contributed by atoms with Gasteiger partial charge in [-0.25, -0.2) is 0 Å². The Hall–Kier alpha value is -0.700. The lowest BCUT2D eigenvalue weighted by molar-refractivity contribution is 0.303. The van der Waals surface area contributed by atoms with Crippen LogP contribution in [0.4, 0.5) is 5.69 Å². The Morgan fingerprint density at radius 3 is 2.77 bits per heavy atom. The quantitative estimate of drug-likeness (QED) is 0.879. The first-order valence-electron chi connectivity index (χ1n) is 4.43. The number of halogens is 1. The van der Waals surface area contributed by atoms with E-state index in [0.29, 0.717) is 6.10 Å². The van der Waals surface area contributed by atoms with Crippen LogP contribution in [0.15, 0.2) is 22.7 Å². The highest BCUT2D eigenvalue weighted by atomic mass is 79.9. The number of rotatable bonds is 3. The molecule has 0 unspecified atom stereocenters. The second kappa shape index (κ2) is 3.58. The molecule has 1 aromatic carbocycles. The summed E-state index contributed by atoms with van der Waals surface area (Å²) in [6, 6.07) is 6.01. The summed E-state index contributed by atoms with van der Waals surface area (Å²) >= 11 is 3.48. The van der Waals surface area contributed by atoms with Crippen LogP contribution in [-0.4, -0.2) is 13.2 Å². The van der Waals surface area contributed by atoms with Crippen molar-refractivity contribution in [1.29, 1.82) is 0 Å². The summed E-state index contributed by atoms with van der Waals surface area (Å²) in [5.41, 5.74) is 1.09. The van der Waals surface area contributed by atoms with Crippen LogP contribution in [0.1, 0.15) is 12.8 Å². The molecule has 1 fully saturated rings. The molecule has 1 N–H and O–H groups in total. The molecule has 1 aliphatic rings. The first-order valence-corrected chi connectivity index (χ1v) is 5.23. The largest absolute Gasteiger partial charge is 0.490 e. The Balaban J connectivity index is 2.13. The predicted octanol–water partition coefficient (Wildman–Crippen LogP) is 3.03. The molecular formula is C10H12BrNO. The molecule has 70 valence electrons. The van der Waals surface area contributed by atoms with Crippen LogP contribution in [0.5, 0.6) is 5.75 Å². The lowest BCUT2D eigenvalue weighted by Crippen LogP contribution is -1.96. The SMILES string of the molecule is CNc1ccc(OC2CC2)cc1Br. The summed E-state index contributed by atoms with van der Waals surface area (Å²) in [6.07, 6.45) is 2.86. The predicted molar refractivity (Wildman–Crippen MR) is 57.3 cm³/mol. The molecule has 2 rings (SSSR count). The summed E-state index contributed by atoms with van der Waals surface area (Å²) < 4.78 is 6.70. The van der Waals surface area contributed by atoms with E-state index in [9.17, 15) is 0 Å². The minimum Gasteiger partial charge on any atom is -0.490 e. The minimum absolute atomic E-state index is 0.465. The summed E-state index contributed by atoms with van der Waals surface area (Å²) in [5, 5.41) is 3.09. The third-order valence-corrected chi connectivity index (χ3v) is 2.69. The van der Waals surface area contributed by atoms with Gasteiger partial charge in [0.05, 0.1) is 6.10 Å². The van der Waals surface area contributed by atoms with Crippen LogP contribution in [0.2, 0.25) is 0 Å². The van der Waals surface area contributed by atoms with Gasteiger partial charge >= 0.3 is 0 Å². The van der Waals surface area contributed by atoms with Gasteiger partial charge in [0.25, 0.3) is 0 Å². The molecule has 0 radical (unpaired) electrons. The van der Waals surface area contributed by atoms with E-state index in [-0.39, 0.29) is 0 Å². The van der Waals surface area contributed by atoms with Crippen molar-refractivity contribution < 1.29 is 4.74 Å². The molecule has 0 spiro atoms. The molecule has 1 aliphatic carbocycles. The van der Waals surface area contributed by atoms with E-state index in [1.165, 1.54) is 12.8 Å². The lowest BCUT2D eigenvalue weighted by Gasteiger charge is -2.07. The topological polar surface area (TPSA) is 21.3 Å². The molecule has 2 nitrogen and oxygen atoms in total. The first-order chi connectivity index (χ1) is 6.29. The Labute approximate surface area is 86.4 Å². The van der Waals surface area contributed by atoms with Gasteiger partial charge in [0.15, 0.2) is 0 Å². The minimum atomic E-state index is 0.465. The van der Waals surface area contributed by atoms with Crippen molar-refractivity contribution in [2.24, 2.45) is 0 Å². The van der Waals surface area contributed by atoms with Crippen LogP contribution < -0.4 is 10.1 Å². The molecule has 1 saturated carbocycles. The Morgan fingerprint density at radius 2 is 2.23 bits per heavy atom. The number of nitrogens with one attached hydrogen (secondary N) is 1. The van der Waals surface area contributed by atoms with Gasteiger partial charge in [-0.1, -0.05) is 0 Å². The Kier molecular flexibility index (Phi) is 2.44. The zero-order chi connectivity index (χ0) is 9.26. The van der Waals surface area contributed by atoms with Gasteiger partial charge in [-0.3, -0.25) is 0 Å². The number of anilines is 1. The maximum atomic E-state index is 5.65. The number of hydrogen-bond donors (Lipinski definition) is 1. The third-order valence-electron chi connectivity index (χ3n) is 2.04. The van der Waals surface area contributed by atoms with Crippen molar-refractivity contribution in [3.8, 4) is 5.75 Å². The van der Waals surface area contributed by atoms with E-state index in [0.717, 1.165) is 15.9 Å². The molecule has 0 amide bonds. The van der Waals surface area contributed by atoms with Crippen LogP contribution in [0, 0.1) is 0 Å². The molecular weight excluding hydrogens is 230 g/mol. The van der Waals surface area contributed by atoms with Crippen molar-refractivity contribution in [2.45, 2.75) is 18.9 Å². The Bertz CT molecular complexity index is 310. The molecule has 0 heterocycles. The molecule has 0 atom stereocenters. The number of benzene rings is 1. The van der Waals surface area contributed by atoms with Gasteiger partial charge in [-0.15, -0.1) is 0 Å². The van der Waals surface area contributed by atoms with E-state index in [2.05, 4.69) is 21.2 Å². The monoisotopic (exact) mass is 241 g/mol. The van der Waals surface area contributed by atoms with Crippen molar-refractivity contribution in [2.75, 3.05) is 12.4 Å². The first kappa shape index (κ1) is 8.88. The maximum absolute atomic E-state index is 5.65. The highest BCUT2D eigenvalue weighted by Crippen LogP contribution is 2.31. The maximum Gasteiger partial charge on any atom is 0.120 e. The fourth-order valence-corrected chi connectivity index (χ4v) is 1.71. The van der Waals surface area contributed by atoms with E-state index in [4.69, 9.17) is 4.74 Å². The van der Waals surface area contributed by atoms with Crippen LogP contribution >= 0.6 is 15.9 Å². The zero-order valence-corrected chi connectivity index (χ0v) is 9.10. The average molecular weight is 242 g/mol. The van der Waals surface area contributed by atoms with E-state index in [1.807, 2.05) is 25.2 Å². The van der Waals surface area contributed by atoms with Crippen molar-refractivity contribution in [3.63, 3.8) is 0 Å². The van der Waals surface area contributed by atoms with Gasteiger partial charge in [0.2, 0.25) is 0 Å². The van der Waals surface area contributed by atoms with Gasteiger partial charge in [-0.2, -0.15) is 0 Å². The Morgan fingerprint density at radius 1 is 1.46 bits per heavy atom. The standard InChI is InChI=1S/C10H12BrNO/c1-12-10-5-4-8(6-9(10)11)13-7-2-3-7/h4-7,12H,2-3H2,1H3. The fourth-order valence-electron chi connectivity index (χ4n) is 1.15. The van der Waals surface area contributed by atoms with E-state index < -0.39 is 0 Å². The highest BCUT2D eigenvalue weighted by Gasteiger charge is 2.23. The molecule has 0 saturated heterocycles. The summed E-state index contributed by atoms with van der Waals surface area (Å²) in [6.45, 7) is 0. The van der Waals surface area contributed by atoms with Gasteiger partial charge in [0, 0.05) is 17.2 Å². The van der Waals surface area contributed by atoms with Crippen molar-refractivity contribution in [1.82, 2.24) is 0 Å². The summed E-state index contributed by atoms with van der Waals surface area (Å²) in [7, 11) is 1.90. The number of ether oxygens (including phenoxy) is 1. The second-order valence-electron chi connectivity index (χ2n) is 3.21. The molecule has 0 aliphatic heterocycles. The lowest BCUT2D eigenvalue weighted by atomic mass is 10.3. The van der Waals surface area contributed by atoms with E-state index >= 15 is 0 Å². The van der Waals surface area contributed by atoms with Crippen LogP contribution in [-0.2, 0) is 0 Å². The fraction of sp³-hybridized carbons (Fsp3) is 0.400. The molecule has 0 aromatic heterocycles. The van der Waals surface area contributed by atoms with Crippen molar-refractivity contribution in [3.05, 3.63) is 22.7 Å². The summed E-state index contributed by atoms with van der Waals surface area (Å²) in [4.78, 5) is 0. The van der Waals surface area contributed by atoms with Crippen molar-refractivity contribution >= 4 is 21.6 Å². The van der Waals surface area contributed by atoms with Crippen LogP contribution in [0.3, 0.4) is 0 Å². The second-order valence-corrected chi connectivity index (χ2v) is 4.06. The zero-order valence-electron chi connectivity index (χ0n) is 7.51. The van der Waals surface area contributed by atoms with Gasteiger partial charge < -0.3 is 10.1 Å². The highest BCUT2D eigenvalue weighted by molar-refractivity contribution is 9.10. The number of hydrogen-bond acceptors (Lipinski definition) is 2. The normalized spacial score (nSPS) is 15.5. The molecule has 1 aromatic rings. The van der Waals surface area contributed by atoms with Gasteiger partial charge in [-0.05, 0) is 47.0 Å². The van der Waals surface area contributed by atoms with E-state index in [1.54, 1.807) is 0 Å². The smallest absolute Gasteiger partial charge is 0.120 e. The summed E-state index contributed by atoms with van der Waals surface area (Å²) in [5.74, 6) is 0.952. The van der Waals surface area contributed by atoms with Gasteiger partial charge in [0.1, 0.15) is 5.75 Å². The average Bonchev–Trinajstić information content (AvgIpc) is 2.89. The third kappa shape index (κ3) is 2.15. The molecule has 3 heteroatoms.